The SMILES string of the molecule is CNc1ccc([N+](=O)[O-])cc1COc1ccc(F)c(Cl)c1. The van der Waals surface area contributed by atoms with Crippen LogP contribution < -0.4 is 10.1 Å². The van der Waals surface area contributed by atoms with Gasteiger partial charge in [-0.05, 0) is 18.2 Å². The molecule has 0 spiro atoms. The normalized spacial score (nSPS) is 10.2. The second-order valence-corrected chi connectivity index (χ2v) is 4.62. The van der Waals surface area contributed by atoms with E-state index in [2.05, 4.69) is 5.32 Å². The molecule has 0 amide bonds. The highest BCUT2D eigenvalue weighted by Gasteiger charge is 2.11. The lowest BCUT2D eigenvalue weighted by Gasteiger charge is -2.11. The standard InChI is InChI=1S/C14H12ClFN2O3/c1-17-14-5-2-10(18(19)20)6-9(14)8-21-11-3-4-13(16)12(15)7-11/h2-7,17H,8H2,1H3. The Morgan fingerprint density at radius 1 is 1.33 bits per heavy atom. The maximum Gasteiger partial charge on any atom is 0.269 e. The Kier molecular flexibility index (Phi) is 4.59. The Hall–Kier alpha value is -2.34. The quantitative estimate of drug-likeness (QED) is 0.669. The van der Waals surface area contributed by atoms with Crippen LogP contribution in [0.5, 0.6) is 5.75 Å². The summed E-state index contributed by atoms with van der Waals surface area (Å²) in [7, 11) is 1.71. The molecule has 0 aliphatic rings. The first-order valence-electron chi connectivity index (χ1n) is 6.04. The minimum Gasteiger partial charge on any atom is -0.489 e. The van der Waals surface area contributed by atoms with Gasteiger partial charge in [-0.25, -0.2) is 4.39 Å². The van der Waals surface area contributed by atoms with Crippen LogP contribution in [0.1, 0.15) is 5.56 Å². The fourth-order valence-corrected chi connectivity index (χ4v) is 1.96. The Morgan fingerprint density at radius 2 is 2.10 bits per heavy atom. The van der Waals surface area contributed by atoms with Gasteiger partial charge in [0.25, 0.3) is 5.69 Å². The Labute approximate surface area is 125 Å². The van der Waals surface area contributed by atoms with Crippen LogP contribution in [0.3, 0.4) is 0 Å². The lowest BCUT2D eigenvalue weighted by atomic mass is 10.1. The number of nitro benzene ring substituents is 1. The summed E-state index contributed by atoms with van der Waals surface area (Å²) >= 11 is 5.66. The summed E-state index contributed by atoms with van der Waals surface area (Å²) < 4.78 is 18.5. The van der Waals surface area contributed by atoms with Gasteiger partial charge in [-0.1, -0.05) is 11.6 Å². The first kappa shape index (κ1) is 15.1. The van der Waals surface area contributed by atoms with Gasteiger partial charge in [0, 0.05) is 36.5 Å². The van der Waals surface area contributed by atoms with E-state index in [-0.39, 0.29) is 17.3 Å². The van der Waals surface area contributed by atoms with Gasteiger partial charge >= 0.3 is 0 Å². The first-order valence-corrected chi connectivity index (χ1v) is 6.42. The maximum absolute atomic E-state index is 13.0. The zero-order chi connectivity index (χ0) is 15.4. The highest BCUT2D eigenvalue weighted by molar-refractivity contribution is 6.30. The molecule has 0 radical (unpaired) electrons. The molecule has 0 saturated carbocycles. The van der Waals surface area contributed by atoms with Gasteiger partial charge in [0.1, 0.15) is 18.2 Å². The molecule has 0 atom stereocenters. The van der Waals surface area contributed by atoms with Crippen LogP contribution in [0.15, 0.2) is 36.4 Å². The van der Waals surface area contributed by atoms with Crippen LogP contribution in [-0.2, 0) is 6.61 Å². The third-order valence-electron chi connectivity index (χ3n) is 2.85. The number of non-ortho nitro benzene ring substituents is 1. The van der Waals surface area contributed by atoms with Gasteiger partial charge in [-0.15, -0.1) is 0 Å². The maximum atomic E-state index is 13.0. The van der Waals surface area contributed by atoms with Crippen LogP contribution in [0, 0.1) is 15.9 Å². The highest BCUT2D eigenvalue weighted by Crippen LogP contribution is 2.25. The lowest BCUT2D eigenvalue weighted by molar-refractivity contribution is -0.384. The van der Waals surface area contributed by atoms with Crippen molar-refractivity contribution < 1.29 is 14.1 Å². The number of hydrogen-bond acceptors (Lipinski definition) is 4. The van der Waals surface area contributed by atoms with E-state index in [9.17, 15) is 14.5 Å². The zero-order valence-electron chi connectivity index (χ0n) is 11.1. The number of nitrogens with one attached hydrogen (secondary N) is 1. The van der Waals surface area contributed by atoms with Gasteiger partial charge < -0.3 is 10.1 Å². The zero-order valence-corrected chi connectivity index (χ0v) is 11.9. The third-order valence-corrected chi connectivity index (χ3v) is 3.14. The summed E-state index contributed by atoms with van der Waals surface area (Å²) in [6.45, 7) is 0.0970. The Morgan fingerprint density at radius 3 is 2.71 bits per heavy atom. The minimum atomic E-state index is -0.532. The number of nitro groups is 1. The van der Waals surface area contributed by atoms with E-state index in [1.54, 1.807) is 13.1 Å². The molecular weight excluding hydrogens is 299 g/mol. The van der Waals surface area contributed by atoms with Crippen molar-refractivity contribution in [3.8, 4) is 5.75 Å². The van der Waals surface area contributed by atoms with Gasteiger partial charge in [-0.2, -0.15) is 0 Å². The van der Waals surface area contributed by atoms with Crippen LogP contribution >= 0.6 is 11.6 Å². The molecule has 2 aromatic rings. The lowest BCUT2D eigenvalue weighted by Crippen LogP contribution is -2.02. The molecule has 0 aromatic heterocycles. The number of ether oxygens (including phenoxy) is 1. The van der Waals surface area contributed by atoms with Crippen molar-refractivity contribution in [1.82, 2.24) is 0 Å². The van der Waals surface area contributed by atoms with Gasteiger partial charge in [0.2, 0.25) is 0 Å². The molecule has 110 valence electrons. The first-order chi connectivity index (χ1) is 10.0. The van der Waals surface area contributed by atoms with Crippen molar-refractivity contribution in [2.45, 2.75) is 6.61 Å². The topological polar surface area (TPSA) is 64.4 Å². The Balaban J connectivity index is 2.19. The summed E-state index contributed by atoms with van der Waals surface area (Å²) in [5.41, 5.74) is 1.31. The number of hydrogen-bond donors (Lipinski definition) is 1. The van der Waals surface area contributed by atoms with E-state index in [1.807, 2.05) is 0 Å². The van der Waals surface area contributed by atoms with Crippen molar-refractivity contribution in [2.24, 2.45) is 0 Å². The molecule has 0 saturated heterocycles. The molecule has 0 heterocycles. The van der Waals surface area contributed by atoms with Crippen molar-refractivity contribution in [1.29, 1.82) is 0 Å². The molecule has 2 rings (SSSR count). The number of halogens is 2. The number of nitrogens with zero attached hydrogens (tertiary/aromatic N) is 1. The molecule has 0 aliphatic carbocycles. The average molecular weight is 311 g/mol. The monoisotopic (exact) mass is 310 g/mol. The van der Waals surface area contributed by atoms with Crippen LogP contribution in [-0.4, -0.2) is 12.0 Å². The molecule has 2 aromatic carbocycles. The molecule has 0 fully saturated rings. The summed E-state index contributed by atoms with van der Waals surface area (Å²) in [6.07, 6.45) is 0. The summed E-state index contributed by atoms with van der Waals surface area (Å²) in [4.78, 5) is 10.3. The fourth-order valence-electron chi connectivity index (χ4n) is 1.78. The molecule has 0 aliphatic heterocycles. The van der Waals surface area contributed by atoms with E-state index < -0.39 is 10.7 Å². The van der Waals surface area contributed by atoms with E-state index in [0.29, 0.717) is 17.0 Å². The van der Waals surface area contributed by atoms with E-state index in [1.165, 1.54) is 30.3 Å². The van der Waals surface area contributed by atoms with Crippen LogP contribution in [0.25, 0.3) is 0 Å². The highest BCUT2D eigenvalue weighted by atomic mass is 35.5. The van der Waals surface area contributed by atoms with E-state index in [4.69, 9.17) is 16.3 Å². The summed E-state index contributed by atoms with van der Waals surface area (Å²) in [5.74, 6) is -0.148. The number of anilines is 1. The predicted molar refractivity (Wildman–Crippen MR) is 78.4 cm³/mol. The van der Waals surface area contributed by atoms with Gasteiger partial charge in [0.15, 0.2) is 0 Å². The minimum absolute atomic E-state index is 0.0234. The van der Waals surface area contributed by atoms with Crippen molar-refractivity contribution in [2.75, 3.05) is 12.4 Å². The van der Waals surface area contributed by atoms with Crippen molar-refractivity contribution >= 4 is 23.0 Å². The van der Waals surface area contributed by atoms with Gasteiger partial charge in [0.05, 0.1) is 9.95 Å². The summed E-state index contributed by atoms with van der Waals surface area (Å²) in [5, 5.41) is 13.7. The molecule has 0 unspecified atom stereocenters. The second-order valence-electron chi connectivity index (χ2n) is 4.21. The number of benzene rings is 2. The predicted octanol–water partition coefficient (Wildman–Crippen LogP) is 4.01. The number of rotatable bonds is 5. The molecular formula is C14H12ClFN2O3. The fraction of sp³-hybridized carbons (Fsp3) is 0.143. The Bertz CT molecular complexity index is 679. The smallest absolute Gasteiger partial charge is 0.269 e. The molecule has 1 N–H and O–H groups in total. The van der Waals surface area contributed by atoms with Gasteiger partial charge in [-0.3, -0.25) is 10.1 Å². The van der Waals surface area contributed by atoms with Crippen molar-refractivity contribution in [3.05, 3.63) is 62.9 Å². The van der Waals surface area contributed by atoms with E-state index in [0.717, 1.165) is 0 Å². The average Bonchev–Trinajstić information content (AvgIpc) is 2.48. The summed E-state index contributed by atoms with van der Waals surface area (Å²) in [6, 6.07) is 8.44. The molecule has 5 nitrogen and oxygen atoms in total. The largest absolute Gasteiger partial charge is 0.489 e. The third kappa shape index (κ3) is 3.61. The molecule has 0 bridgehead atoms. The van der Waals surface area contributed by atoms with E-state index >= 15 is 0 Å². The van der Waals surface area contributed by atoms with Crippen LogP contribution in [0.2, 0.25) is 5.02 Å². The second kappa shape index (κ2) is 6.41. The van der Waals surface area contributed by atoms with Crippen molar-refractivity contribution in [3.63, 3.8) is 0 Å². The van der Waals surface area contributed by atoms with Crippen LogP contribution in [0.4, 0.5) is 15.8 Å². The molecule has 7 heteroatoms. The molecule has 21 heavy (non-hydrogen) atoms.